The van der Waals surface area contributed by atoms with Gasteiger partial charge in [-0.05, 0) is 48.7 Å². The average molecular weight is 332 g/mol. The molecule has 118 valence electrons. The van der Waals surface area contributed by atoms with Gasteiger partial charge in [-0.2, -0.15) is 4.31 Å². The molecule has 21 heavy (non-hydrogen) atoms. The van der Waals surface area contributed by atoms with Gasteiger partial charge in [0.1, 0.15) is 0 Å². The molecule has 4 nitrogen and oxygen atoms in total. The molecular weight excluding hydrogens is 310 g/mol. The van der Waals surface area contributed by atoms with Crippen LogP contribution in [0.2, 0.25) is 0 Å². The Morgan fingerprint density at radius 1 is 1.05 bits per heavy atom. The number of benzene rings is 1. The molecule has 0 bridgehead atoms. The minimum Gasteiger partial charge on any atom is -0.276 e. The number of carbonyl (C=O) groups excluding carboxylic acids is 1. The van der Waals surface area contributed by atoms with Crippen LogP contribution in [0.15, 0.2) is 29.2 Å². The Morgan fingerprint density at radius 2 is 1.52 bits per heavy atom. The average Bonchev–Trinajstić information content (AvgIpc) is 2.47. The lowest BCUT2D eigenvalue weighted by atomic mass is 10.2. The van der Waals surface area contributed by atoms with E-state index in [1.165, 1.54) is 28.6 Å². The summed E-state index contributed by atoms with van der Waals surface area (Å²) >= 11 is 5.37. The highest BCUT2D eigenvalue weighted by atomic mass is 35.5. The summed E-state index contributed by atoms with van der Waals surface area (Å²) < 4.78 is 26.8. The molecule has 6 heteroatoms. The lowest BCUT2D eigenvalue weighted by Gasteiger charge is -2.22. The molecule has 0 aromatic heterocycles. The zero-order valence-corrected chi connectivity index (χ0v) is 14.1. The fourth-order valence-corrected chi connectivity index (χ4v) is 3.57. The van der Waals surface area contributed by atoms with Crippen LogP contribution < -0.4 is 0 Å². The first-order valence-corrected chi connectivity index (χ1v) is 9.05. The van der Waals surface area contributed by atoms with Crippen LogP contribution in [0.5, 0.6) is 0 Å². The van der Waals surface area contributed by atoms with Crippen LogP contribution in [-0.2, 0) is 10.0 Å². The summed E-state index contributed by atoms with van der Waals surface area (Å²) in [6.45, 7) is 5.11. The predicted octanol–water partition coefficient (Wildman–Crippen LogP) is 3.66. The molecule has 0 radical (unpaired) electrons. The lowest BCUT2D eigenvalue weighted by Crippen LogP contribution is -2.33. The van der Waals surface area contributed by atoms with E-state index in [9.17, 15) is 13.2 Å². The Bertz CT molecular complexity index is 547. The summed E-state index contributed by atoms with van der Waals surface area (Å²) in [5.74, 6) is 0. The third-order valence-corrected chi connectivity index (χ3v) is 5.37. The molecule has 1 aromatic rings. The third kappa shape index (κ3) is 5.09. The number of halogens is 1. The van der Waals surface area contributed by atoms with E-state index in [4.69, 9.17) is 11.6 Å². The number of unbranched alkanes of at least 4 members (excludes halogenated alkanes) is 2. The van der Waals surface area contributed by atoms with Gasteiger partial charge in [-0.15, -0.1) is 0 Å². The maximum atomic E-state index is 12.6. The van der Waals surface area contributed by atoms with E-state index in [-0.39, 0.29) is 4.90 Å². The summed E-state index contributed by atoms with van der Waals surface area (Å²) in [5, 5.41) is -0.590. The maximum absolute atomic E-state index is 12.6. The standard InChI is InChI=1S/C15H22ClNO3S/c1-3-5-11-17(12-6-4-2)21(19,20)14-9-7-13(8-10-14)15(16)18/h7-10H,3-6,11-12H2,1-2H3. The summed E-state index contributed by atoms with van der Waals surface area (Å²) in [6, 6.07) is 5.77. The van der Waals surface area contributed by atoms with E-state index in [2.05, 4.69) is 0 Å². The fraction of sp³-hybridized carbons (Fsp3) is 0.533. The SMILES string of the molecule is CCCCN(CCCC)S(=O)(=O)c1ccc(C(=O)Cl)cc1. The smallest absolute Gasteiger partial charge is 0.252 e. The van der Waals surface area contributed by atoms with Crippen molar-refractivity contribution in [2.75, 3.05) is 13.1 Å². The first-order chi connectivity index (χ1) is 9.93. The van der Waals surface area contributed by atoms with Crippen LogP contribution in [0.1, 0.15) is 49.9 Å². The highest BCUT2D eigenvalue weighted by Crippen LogP contribution is 2.18. The van der Waals surface area contributed by atoms with Gasteiger partial charge in [0.05, 0.1) is 4.90 Å². The molecular formula is C15H22ClNO3S. The molecule has 0 unspecified atom stereocenters. The van der Waals surface area contributed by atoms with Crippen LogP contribution in [0.3, 0.4) is 0 Å². The van der Waals surface area contributed by atoms with E-state index in [1.54, 1.807) is 0 Å². The maximum Gasteiger partial charge on any atom is 0.252 e. The monoisotopic (exact) mass is 331 g/mol. The molecule has 0 saturated heterocycles. The molecule has 0 amide bonds. The molecule has 0 aliphatic carbocycles. The van der Waals surface area contributed by atoms with Gasteiger partial charge in [0.15, 0.2) is 0 Å². The van der Waals surface area contributed by atoms with Gasteiger partial charge in [0.25, 0.3) is 5.24 Å². The summed E-state index contributed by atoms with van der Waals surface area (Å²) in [5.41, 5.74) is 0.296. The van der Waals surface area contributed by atoms with Crippen LogP contribution >= 0.6 is 11.6 Å². The van der Waals surface area contributed by atoms with Crippen molar-refractivity contribution in [2.45, 2.75) is 44.4 Å². The van der Waals surface area contributed by atoms with Crippen molar-refractivity contribution in [2.24, 2.45) is 0 Å². The normalized spacial score (nSPS) is 11.8. The van der Waals surface area contributed by atoms with Crippen molar-refractivity contribution in [1.82, 2.24) is 4.31 Å². The Morgan fingerprint density at radius 3 is 1.90 bits per heavy atom. The third-order valence-electron chi connectivity index (χ3n) is 3.24. The van der Waals surface area contributed by atoms with Gasteiger partial charge in [-0.3, -0.25) is 4.79 Å². The van der Waals surface area contributed by atoms with Crippen molar-refractivity contribution in [1.29, 1.82) is 0 Å². The van der Waals surface area contributed by atoms with Gasteiger partial charge >= 0.3 is 0 Å². The van der Waals surface area contributed by atoms with Gasteiger partial charge in [-0.1, -0.05) is 26.7 Å². The van der Waals surface area contributed by atoms with Gasteiger partial charge in [-0.25, -0.2) is 8.42 Å². The minimum atomic E-state index is -3.51. The molecule has 0 aliphatic heterocycles. The van der Waals surface area contributed by atoms with Crippen molar-refractivity contribution in [3.63, 3.8) is 0 Å². The number of hydrogen-bond acceptors (Lipinski definition) is 3. The van der Waals surface area contributed by atoms with Gasteiger partial charge < -0.3 is 0 Å². The molecule has 0 heterocycles. The van der Waals surface area contributed by atoms with E-state index < -0.39 is 15.3 Å². The first kappa shape index (κ1) is 18.1. The minimum absolute atomic E-state index is 0.205. The van der Waals surface area contributed by atoms with Crippen molar-refractivity contribution < 1.29 is 13.2 Å². The quantitative estimate of drug-likeness (QED) is 0.649. The van der Waals surface area contributed by atoms with Crippen LogP contribution in [0.25, 0.3) is 0 Å². The number of sulfonamides is 1. The molecule has 0 N–H and O–H groups in total. The number of carbonyl (C=O) groups is 1. The zero-order valence-electron chi connectivity index (χ0n) is 12.5. The topological polar surface area (TPSA) is 54.5 Å². The molecule has 0 spiro atoms. The number of rotatable bonds is 9. The summed E-state index contributed by atoms with van der Waals surface area (Å²) in [4.78, 5) is 11.2. The Kier molecular flexibility index (Phi) is 7.35. The van der Waals surface area contributed by atoms with E-state index in [1.807, 2.05) is 13.8 Å². The molecule has 1 aromatic carbocycles. The van der Waals surface area contributed by atoms with Gasteiger partial charge in [0.2, 0.25) is 10.0 Å². The van der Waals surface area contributed by atoms with E-state index in [0.29, 0.717) is 18.7 Å². The second-order valence-electron chi connectivity index (χ2n) is 4.91. The van der Waals surface area contributed by atoms with Crippen molar-refractivity contribution >= 4 is 26.9 Å². The van der Waals surface area contributed by atoms with Crippen molar-refractivity contribution in [3.8, 4) is 0 Å². The summed E-state index contributed by atoms with van der Waals surface area (Å²) in [7, 11) is -3.51. The highest BCUT2D eigenvalue weighted by Gasteiger charge is 2.23. The van der Waals surface area contributed by atoms with Crippen LogP contribution in [0.4, 0.5) is 0 Å². The molecule has 0 atom stereocenters. The number of hydrogen-bond donors (Lipinski definition) is 0. The highest BCUT2D eigenvalue weighted by molar-refractivity contribution is 7.89. The first-order valence-electron chi connectivity index (χ1n) is 7.23. The molecule has 1 rings (SSSR count). The van der Waals surface area contributed by atoms with E-state index in [0.717, 1.165) is 25.7 Å². The molecule has 0 saturated carbocycles. The van der Waals surface area contributed by atoms with E-state index >= 15 is 0 Å². The Balaban J connectivity index is 3.00. The molecule has 0 fully saturated rings. The lowest BCUT2D eigenvalue weighted by molar-refractivity contribution is 0.108. The van der Waals surface area contributed by atoms with Gasteiger partial charge in [0, 0.05) is 18.7 Å². The Hall–Kier alpha value is -0.910. The second-order valence-corrected chi connectivity index (χ2v) is 7.19. The predicted molar refractivity (Wildman–Crippen MR) is 85.2 cm³/mol. The fourth-order valence-electron chi connectivity index (χ4n) is 1.93. The second kappa shape index (κ2) is 8.51. The largest absolute Gasteiger partial charge is 0.276 e. The van der Waals surface area contributed by atoms with Crippen LogP contribution in [-0.4, -0.2) is 31.1 Å². The molecule has 0 aliphatic rings. The van der Waals surface area contributed by atoms with Crippen molar-refractivity contribution in [3.05, 3.63) is 29.8 Å². The Labute approximate surface area is 132 Å². The van der Waals surface area contributed by atoms with Crippen LogP contribution in [0, 0.1) is 0 Å². The zero-order chi connectivity index (χ0) is 15.9. The number of nitrogens with zero attached hydrogens (tertiary/aromatic N) is 1. The summed E-state index contributed by atoms with van der Waals surface area (Å²) in [6.07, 6.45) is 3.55.